The molecule has 0 atom stereocenters. The quantitative estimate of drug-likeness (QED) is 0.852. The molecule has 0 unspecified atom stereocenters. The summed E-state index contributed by atoms with van der Waals surface area (Å²) in [5.41, 5.74) is 1.12. The lowest BCUT2D eigenvalue weighted by atomic mass is 10.2. The molecule has 0 spiro atoms. The van der Waals surface area contributed by atoms with Crippen molar-refractivity contribution in [2.75, 3.05) is 13.1 Å². The first-order valence-corrected chi connectivity index (χ1v) is 6.37. The number of nitrogens with zero attached hydrogens (tertiary/aromatic N) is 3. The van der Waals surface area contributed by atoms with Crippen molar-refractivity contribution in [3.63, 3.8) is 0 Å². The fourth-order valence-electron chi connectivity index (χ4n) is 1.89. The van der Waals surface area contributed by atoms with E-state index in [-0.39, 0.29) is 17.8 Å². The lowest BCUT2D eigenvalue weighted by Crippen LogP contribution is -2.43. The van der Waals surface area contributed by atoms with Crippen molar-refractivity contribution in [2.24, 2.45) is 0 Å². The molecule has 2 N–H and O–H groups in total. The maximum atomic E-state index is 12.8. The molecule has 0 saturated carbocycles. The van der Waals surface area contributed by atoms with Gasteiger partial charge in [-0.2, -0.15) is 0 Å². The smallest absolute Gasteiger partial charge is 0.273 e. The predicted octanol–water partition coefficient (Wildman–Crippen LogP) is 0.491. The third kappa shape index (κ3) is 2.67. The minimum atomic E-state index is -0.294. The third-order valence-electron chi connectivity index (χ3n) is 3.24. The zero-order valence-electron chi connectivity index (χ0n) is 10.7. The predicted molar refractivity (Wildman–Crippen MR) is 69.5 cm³/mol. The van der Waals surface area contributed by atoms with Crippen molar-refractivity contribution in [2.45, 2.75) is 12.6 Å². The topological polar surface area (TPSA) is 71.8 Å². The Morgan fingerprint density at radius 3 is 2.80 bits per heavy atom. The van der Waals surface area contributed by atoms with Crippen LogP contribution in [-0.2, 0) is 6.54 Å². The third-order valence-corrected chi connectivity index (χ3v) is 3.24. The highest BCUT2D eigenvalue weighted by atomic mass is 19.1. The highest BCUT2D eigenvalue weighted by Crippen LogP contribution is 2.10. The van der Waals surface area contributed by atoms with Crippen LogP contribution in [0.5, 0.6) is 0 Å². The number of benzene rings is 1. The fraction of sp³-hybridized carbons (Fsp3) is 0.308. The van der Waals surface area contributed by atoms with E-state index in [9.17, 15) is 9.18 Å². The number of halogens is 1. The van der Waals surface area contributed by atoms with E-state index in [1.54, 1.807) is 23.0 Å². The summed E-state index contributed by atoms with van der Waals surface area (Å²) in [4.78, 5) is 11.9. The van der Waals surface area contributed by atoms with E-state index >= 15 is 0 Å². The molecule has 0 radical (unpaired) electrons. The van der Waals surface area contributed by atoms with Crippen LogP contribution in [0.1, 0.15) is 22.1 Å². The molecule has 1 aliphatic rings. The largest absolute Gasteiger partial charge is 0.347 e. The lowest BCUT2D eigenvalue weighted by molar-refractivity contribution is 0.0946. The van der Waals surface area contributed by atoms with E-state index < -0.39 is 0 Å². The Kier molecular flexibility index (Phi) is 3.42. The van der Waals surface area contributed by atoms with Gasteiger partial charge in [0.2, 0.25) is 0 Å². The molecule has 2 aromatic rings. The van der Waals surface area contributed by atoms with Crippen molar-refractivity contribution in [1.82, 2.24) is 25.6 Å². The van der Waals surface area contributed by atoms with Crippen molar-refractivity contribution in [1.29, 1.82) is 0 Å². The number of carbonyl (C=O) groups is 1. The van der Waals surface area contributed by atoms with Gasteiger partial charge in [0.15, 0.2) is 5.69 Å². The van der Waals surface area contributed by atoms with E-state index in [0.717, 1.165) is 18.7 Å². The maximum absolute atomic E-state index is 12.8. The minimum Gasteiger partial charge on any atom is -0.347 e. The first kappa shape index (κ1) is 12.7. The van der Waals surface area contributed by atoms with E-state index in [2.05, 4.69) is 20.9 Å². The van der Waals surface area contributed by atoms with Gasteiger partial charge in [-0.3, -0.25) is 4.79 Å². The second kappa shape index (κ2) is 5.38. The first-order chi connectivity index (χ1) is 9.72. The van der Waals surface area contributed by atoms with Gasteiger partial charge >= 0.3 is 0 Å². The Morgan fingerprint density at radius 1 is 1.40 bits per heavy atom. The number of rotatable bonds is 4. The van der Waals surface area contributed by atoms with Crippen molar-refractivity contribution >= 4 is 5.91 Å². The van der Waals surface area contributed by atoms with Gasteiger partial charge in [0.05, 0.1) is 12.2 Å². The summed E-state index contributed by atoms with van der Waals surface area (Å²) in [6, 6.07) is 6.27. The molecule has 1 aliphatic heterocycles. The molecule has 1 aromatic carbocycles. The molecule has 1 saturated heterocycles. The SMILES string of the molecule is O=C(NCc1ccc(F)cc1)c1cn(C2CNC2)nn1. The van der Waals surface area contributed by atoms with Gasteiger partial charge in [-0.25, -0.2) is 9.07 Å². The highest BCUT2D eigenvalue weighted by molar-refractivity contribution is 5.91. The lowest BCUT2D eigenvalue weighted by Gasteiger charge is -2.26. The standard InChI is InChI=1S/C13H14FN5O/c14-10-3-1-9(2-4-10)5-16-13(20)12-8-19(18-17-12)11-6-15-7-11/h1-4,8,11,15H,5-7H2,(H,16,20). The van der Waals surface area contributed by atoms with Gasteiger partial charge in [0, 0.05) is 19.6 Å². The molecule has 2 heterocycles. The van der Waals surface area contributed by atoms with Crippen LogP contribution in [0.2, 0.25) is 0 Å². The normalized spacial score (nSPS) is 14.8. The van der Waals surface area contributed by atoms with Crippen LogP contribution in [-0.4, -0.2) is 34.0 Å². The van der Waals surface area contributed by atoms with E-state index in [1.165, 1.54) is 12.1 Å². The van der Waals surface area contributed by atoms with Crippen LogP contribution in [0.3, 0.4) is 0 Å². The number of nitrogens with one attached hydrogen (secondary N) is 2. The van der Waals surface area contributed by atoms with Gasteiger partial charge in [0.25, 0.3) is 5.91 Å². The van der Waals surface area contributed by atoms with Crippen LogP contribution in [0.25, 0.3) is 0 Å². The number of carbonyl (C=O) groups excluding carboxylic acids is 1. The first-order valence-electron chi connectivity index (χ1n) is 6.37. The molecular weight excluding hydrogens is 261 g/mol. The van der Waals surface area contributed by atoms with Crippen molar-refractivity contribution in [3.8, 4) is 0 Å². The Labute approximate surface area is 115 Å². The summed E-state index contributed by atoms with van der Waals surface area (Å²) < 4.78 is 14.5. The summed E-state index contributed by atoms with van der Waals surface area (Å²) in [6.07, 6.45) is 1.64. The van der Waals surface area contributed by atoms with Gasteiger partial charge in [-0.15, -0.1) is 5.10 Å². The van der Waals surface area contributed by atoms with Crippen LogP contribution in [0, 0.1) is 5.82 Å². The molecular formula is C13H14FN5O. The molecule has 104 valence electrons. The average Bonchev–Trinajstić information content (AvgIpc) is 2.85. The summed E-state index contributed by atoms with van der Waals surface area (Å²) in [5.74, 6) is -0.579. The highest BCUT2D eigenvalue weighted by Gasteiger charge is 2.21. The maximum Gasteiger partial charge on any atom is 0.273 e. The summed E-state index contributed by atoms with van der Waals surface area (Å²) >= 11 is 0. The van der Waals surface area contributed by atoms with Crippen LogP contribution in [0.15, 0.2) is 30.5 Å². The molecule has 1 aromatic heterocycles. The average molecular weight is 275 g/mol. The number of hydrogen-bond acceptors (Lipinski definition) is 4. The molecule has 1 fully saturated rings. The molecule has 1 amide bonds. The molecule has 7 heteroatoms. The van der Waals surface area contributed by atoms with Crippen LogP contribution < -0.4 is 10.6 Å². The fourth-order valence-corrected chi connectivity index (χ4v) is 1.89. The number of aromatic nitrogens is 3. The number of hydrogen-bond donors (Lipinski definition) is 2. The molecule has 0 aliphatic carbocycles. The van der Waals surface area contributed by atoms with Gasteiger partial charge < -0.3 is 10.6 Å². The summed E-state index contributed by atoms with van der Waals surface area (Å²) in [7, 11) is 0. The Morgan fingerprint density at radius 2 is 2.15 bits per heavy atom. The Bertz CT molecular complexity index is 605. The molecule has 0 bridgehead atoms. The summed E-state index contributed by atoms with van der Waals surface area (Å²) in [6.45, 7) is 2.02. The minimum absolute atomic E-state index is 0.279. The van der Waals surface area contributed by atoms with Crippen molar-refractivity contribution < 1.29 is 9.18 Å². The van der Waals surface area contributed by atoms with Crippen molar-refractivity contribution in [3.05, 3.63) is 47.5 Å². The second-order valence-electron chi connectivity index (χ2n) is 4.71. The van der Waals surface area contributed by atoms with E-state index in [1.807, 2.05) is 0 Å². The van der Waals surface area contributed by atoms with Gasteiger partial charge in [-0.1, -0.05) is 17.3 Å². The Balaban J connectivity index is 1.58. The van der Waals surface area contributed by atoms with Crippen LogP contribution >= 0.6 is 0 Å². The zero-order valence-corrected chi connectivity index (χ0v) is 10.7. The monoisotopic (exact) mass is 275 g/mol. The Hall–Kier alpha value is -2.28. The molecule has 3 rings (SSSR count). The van der Waals surface area contributed by atoms with Gasteiger partial charge in [-0.05, 0) is 17.7 Å². The van der Waals surface area contributed by atoms with E-state index in [4.69, 9.17) is 0 Å². The van der Waals surface area contributed by atoms with Crippen LogP contribution in [0.4, 0.5) is 4.39 Å². The molecule has 20 heavy (non-hydrogen) atoms. The number of amides is 1. The van der Waals surface area contributed by atoms with Gasteiger partial charge in [0.1, 0.15) is 5.82 Å². The summed E-state index contributed by atoms with van der Waals surface area (Å²) in [5, 5.41) is 13.7. The molecule has 6 nitrogen and oxygen atoms in total. The van der Waals surface area contributed by atoms with E-state index in [0.29, 0.717) is 12.2 Å². The zero-order chi connectivity index (χ0) is 13.9. The second-order valence-corrected chi connectivity index (χ2v) is 4.71.